The van der Waals surface area contributed by atoms with E-state index in [1.165, 1.54) is 0 Å². The normalized spacial score (nSPS) is 10.6. The minimum absolute atomic E-state index is 0.542. The Labute approximate surface area is 95.3 Å². The van der Waals surface area contributed by atoms with Crippen molar-refractivity contribution in [3.63, 3.8) is 0 Å². The highest BCUT2D eigenvalue weighted by Gasteiger charge is 2.06. The van der Waals surface area contributed by atoms with Crippen LogP contribution in [0.3, 0.4) is 0 Å². The van der Waals surface area contributed by atoms with Crippen molar-refractivity contribution in [3.8, 4) is 0 Å². The van der Waals surface area contributed by atoms with Crippen LogP contribution in [0.25, 0.3) is 27.0 Å². The first-order chi connectivity index (χ1) is 8.29. The lowest BCUT2D eigenvalue weighted by molar-refractivity contribution is 0.841. The van der Waals surface area contributed by atoms with E-state index in [4.69, 9.17) is 5.53 Å². The molecule has 82 valence electrons. The molecule has 0 fully saturated rings. The highest BCUT2D eigenvalue weighted by Crippen LogP contribution is 2.23. The van der Waals surface area contributed by atoms with Crippen LogP contribution in [0.4, 0.5) is 5.69 Å². The molecule has 0 amide bonds. The van der Waals surface area contributed by atoms with E-state index in [9.17, 15) is 0 Å². The molecule has 0 atom stereocenters. The van der Waals surface area contributed by atoms with E-state index in [0.29, 0.717) is 11.3 Å². The fraction of sp³-hybridized carbons (Fsp3) is 0.100. The standard InChI is InChI=1S/C10H7N7/c1-6-4-7-2-3-8(12-14-11)5-9(7)17-10(6)13-15-16-17/h2-5H,1H3. The molecule has 17 heavy (non-hydrogen) atoms. The van der Waals surface area contributed by atoms with Crippen LogP contribution in [-0.2, 0) is 0 Å². The number of tetrazole rings is 1. The van der Waals surface area contributed by atoms with Crippen LogP contribution in [0.1, 0.15) is 5.56 Å². The number of hydrogen-bond acceptors (Lipinski definition) is 4. The number of azide groups is 1. The Balaban J connectivity index is 2.48. The van der Waals surface area contributed by atoms with E-state index in [-0.39, 0.29) is 0 Å². The lowest BCUT2D eigenvalue weighted by Gasteiger charge is -2.03. The van der Waals surface area contributed by atoms with Gasteiger partial charge in [-0.3, -0.25) is 0 Å². The van der Waals surface area contributed by atoms with E-state index < -0.39 is 0 Å². The smallest absolute Gasteiger partial charge is 0.182 e. The van der Waals surface area contributed by atoms with Crippen LogP contribution in [-0.4, -0.2) is 20.0 Å². The molecule has 3 rings (SSSR count). The maximum absolute atomic E-state index is 8.42. The summed E-state index contributed by atoms with van der Waals surface area (Å²) in [6.45, 7) is 1.95. The lowest BCUT2D eigenvalue weighted by Crippen LogP contribution is -1.93. The Bertz CT molecular complexity index is 767. The van der Waals surface area contributed by atoms with Gasteiger partial charge in [-0.1, -0.05) is 17.2 Å². The number of fused-ring (bicyclic) bond motifs is 3. The lowest BCUT2D eigenvalue weighted by atomic mass is 10.1. The Kier molecular flexibility index (Phi) is 1.93. The summed E-state index contributed by atoms with van der Waals surface area (Å²) in [5.74, 6) is 0. The Morgan fingerprint density at radius 3 is 3.06 bits per heavy atom. The topological polar surface area (TPSA) is 91.8 Å². The molecule has 0 aliphatic rings. The van der Waals surface area contributed by atoms with Crippen molar-refractivity contribution in [2.75, 3.05) is 0 Å². The zero-order valence-electron chi connectivity index (χ0n) is 8.94. The largest absolute Gasteiger partial charge is 0.193 e. The summed E-state index contributed by atoms with van der Waals surface area (Å²) >= 11 is 0. The van der Waals surface area contributed by atoms with E-state index >= 15 is 0 Å². The van der Waals surface area contributed by atoms with Crippen LogP contribution in [0.5, 0.6) is 0 Å². The average molecular weight is 225 g/mol. The van der Waals surface area contributed by atoms with Gasteiger partial charge in [0.15, 0.2) is 5.65 Å². The number of aromatic nitrogens is 4. The van der Waals surface area contributed by atoms with Gasteiger partial charge in [0.2, 0.25) is 0 Å². The molecule has 2 aromatic heterocycles. The van der Waals surface area contributed by atoms with Crippen molar-refractivity contribution < 1.29 is 0 Å². The summed E-state index contributed by atoms with van der Waals surface area (Å²) in [6.07, 6.45) is 0. The number of aryl methyl sites for hydroxylation is 1. The van der Waals surface area contributed by atoms with Gasteiger partial charge < -0.3 is 0 Å². The van der Waals surface area contributed by atoms with Gasteiger partial charge >= 0.3 is 0 Å². The molecule has 7 heteroatoms. The van der Waals surface area contributed by atoms with Crippen molar-refractivity contribution in [3.05, 3.63) is 40.3 Å². The zero-order chi connectivity index (χ0) is 11.8. The van der Waals surface area contributed by atoms with Crippen molar-refractivity contribution in [1.29, 1.82) is 0 Å². The summed E-state index contributed by atoms with van der Waals surface area (Å²) < 4.78 is 1.64. The summed E-state index contributed by atoms with van der Waals surface area (Å²) in [5.41, 5.74) is 11.5. The molecule has 0 aliphatic carbocycles. The predicted octanol–water partition coefficient (Wildman–Crippen LogP) is 2.53. The molecule has 0 bridgehead atoms. The maximum Gasteiger partial charge on any atom is 0.182 e. The third-order valence-electron chi connectivity index (χ3n) is 2.60. The molecule has 0 saturated heterocycles. The number of rotatable bonds is 1. The first-order valence-electron chi connectivity index (χ1n) is 4.96. The molecule has 1 aromatic carbocycles. The van der Waals surface area contributed by atoms with E-state index in [2.05, 4.69) is 25.6 Å². The van der Waals surface area contributed by atoms with Gasteiger partial charge in [0, 0.05) is 16.0 Å². The maximum atomic E-state index is 8.42. The van der Waals surface area contributed by atoms with Gasteiger partial charge in [0.05, 0.1) is 5.52 Å². The second kappa shape index (κ2) is 3.43. The van der Waals surface area contributed by atoms with E-state index in [1.807, 2.05) is 19.1 Å². The minimum atomic E-state index is 0.542. The van der Waals surface area contributed by atoms with Crippen LogP contribution in [0.15, 0.2) is 29.4 Å². The number of benzene rings is 1. The number of pyridine rings is 1. The molecule has 2 heterocycles. The van der Waals surface area contributed by atoms with Gasteiger partial charge in [-0.25, -0.2) is 0 Å². The highest BCUT2D eigenvalue weighted by molar-refractivity contribution is 5.85. The quantitative estimate of drug-likeness (QED) is 0.362. The monoisotopic (exact) mass is 225 g/mol. The van der Waals surface area contributed by atoms with Gasteiger partial charge in [-0.15, -0.1) is 5.10 Å². The summed E-state index contributed by atoms with van der Waals surface area (Å²) in [6, 6.07) is 7.41. The van der Waals surface area contributed by atoms with E-state index in [0.717, 1.165) is 16.5 Å². The molecule has 0 aliphatic heterocycles. The third kappa shape index (κ3) is 1.37. The summed E-state index contributed by atoms with van der Waals surface area (Å²) in [4.78, 5) is 2.76. The molecule has 0 saturated carbocycles. The fourth-order valence-corrected chi connectivity index (χ4v) is 1.84. The highest BCUT2D eigenvalue weighted by atomic mass is 15.5. The summed E-state index contributed by atoms with van der Waals surface area (Å²) in [7, 11) is 0. The second-order valence-corrected chi connectivity index (χ2v) is 3.67. The van der Waals surface area contributed by atoms with Crippen LogP contribution in [0.2, 0.25) is 0 Å². The van der Waals surface area contributed by atoms with Crippen molar-refractivity contribution in [2.45, 2.75) is 6.92 Å². The minimum Gasteiger partial charge on any atom is -0.193 e. The molecule has 7 nitrogen and oxygen atoms in total. The number of hydrogen-bond donors (Lipinski definition) is 0. The molecule has 0 unspecified atom stereocenters. The van der Waals surface area contributed by atoms with Crippen LogP contribution < -0.4 is 0 Å². The third-order valence-corrected chi connectivity index (χ3v) is 2.60. The van der Waals surface area contributed by atoms with Crippen molar-refractivity contribution in [1.82, 2.24) is 20.0 Å². The molecule has 3 aromatic rings. The van der Waals surface area contributed by atoms with Crippen LogP contribution in [0, 0.1) is 6.92 Å². The fourth-order valence-electron chi connectivity index (χ4n) is 1.84. The molecule has 0 radical (unpaired) electrons. The number of nitrogens with zero attached hydrogens (tertiary/aromatic N) is 7. The van der Waals surface area contributed by atoms with Gasteiger partial charge in [-0.2, -0.15) is 4.52 Å². The Morgan fingerprint density at radius 1 is 1.35 bits per heavy atom. The predicted molar refractivity (Wildman–Crippen MR) is 61.8 cm³/mol. The average Bonchev–Trinajstić information content (AvgIpc) is 2.80. The Morgan fingerprint density at radius 2 is 2.24 bits per heavy atom. The SMILES string of the molecule is Cc1cc2ccc(N=[N+]=[N-])cc2n2nnnc12. The molecular weight excluding hydrogens is 218 g/mol. The molecule has 0 spiro atoms. The van der Waals surface area contributed by atoms with Crippen molar-refractivity contribution >= 4 is 22.2 Å². The first-order valence-corrected chi connectivity index (χ1v) is 4.96. The van der Waals surface area contributed by atoms with E-state index in [1.54, 1.807) is 16.6 Å². The molecule has 0 N–H and O–H groups in total. The van der Waals surface area contributed by atoms with Crippen LogP contribution >= 0.6 is 0 Å². The van der Waals surface area contributed by atoms with Gasteiger partial charge in [-0.05, 0) is 40.6 Å². The van der Waals surface area contributed by atoms with Crippen molar-refractivity contribution in [2.24, 2.45) is 5.11 Å². The summed E-state index contributed by atoms with van der Waals surface area (Å²) in [5, 5.41) is 16.1. The molecular formula is C10H7N7. The Hall–Kier alpha value is -2.66. The second-order valence-electron chi connectivity index (χ2n) is 3.67. The zero-order valence-corrected chi connectivity index (χ0v) is 8.94. The van der Waals surface area contributed by atoms with Gasteiger partial charge in [0.25, 0.3) is 0 Å². The van der Waals surface area contributed by atoms with Gasteiger partial charge in [0.1, 0.15) is 0 Å². The first kappa shape index (κ1) is 9.56.